The second-order valence-corrected chi connectivity index (χ2v) is 2.28. The van der Waals surface area contributed by atoms with E-state index in [1.807, 2.05) is 0 Å². The molecule has 0 heterocycles. The first kappa shape index (κ1) is 15.0. The summed E-state index contributed by atoms with van der Waals surface area (Å²) in [5.41, 5.74) is 5.06. The Morgan fingerprint density at radius 3 is 2.31 bits per heavy atom. The van der Waals surface area contributed by atoms with Crippen molar-refractivity contribution in [2.75, 3.05) is 7.11 Å². The van der Waals surface area contributed by atoms with Crippen LogP contribution in [0.2, 0.25) is 0 Å². The number of esters is 1. The Labute approximate surface area is 79.8 Å². The van der Waals surface area contributed by atoms with Gasteiger partial charge in [0.15, 0.2) is 0 Å². The number of ether oxygens (including phenoxy) is 1. The normalized spacial score (nSPS) is 13.0. The number of hydrogen-bond acceptors (Lipinski definition) is 3. The van der Waals surface area contributed by atoms with Gasteiger partial charge >= 0.3 is 12.1 Å². The van der Waals surface area contributed by atoms with Crippen molar-refractivity contribution in [3.63, 3.8) is 0 Å². The lowest BCUT2D eigenvalue weighted by molar-refractivity contribution is -0.147. The fourth-order valence-electron chi connectivity index (χ4n) is 0.588. The Balaban J connectivity index is 0. The van der Waals surface area contributed by atoms with Crippen LogP contribution in [0.3, 0.4) is 0 Å². The molecule has 0 fully saturated rings. The third-order valence-corrected chi connectivity index (χ3v) is 1.24. The van der Waals surface area contributed by atoms with Crippen molar-refractivity contribution in [2.24, 2.45) is 5.73 Å². The van der Waals surface area contributed by atoms with Crippen LogP contribution in [-0.2, 0) is 9.53 Å². The first-order valence-corrected chi connectivity index (χ1v) is 3.27. The first-order valence-electron chi connectivity index (χ1n) is 3.27. The van der Waals surface area contributed by atoms with Crippen molar-refractivity contribution in [1.29, 1.82) is 0 Å². The number of carbonyl (C=O) groups is 1. The molecule has 0 aliphatic rings. The maximum atomic E-state index is 11.6. The topological polar surface area (TPSA) is 52.3 Å². The third-order valence-electron chi connectivity index (χ3n) is 1.24. The van der Waals surface area contributed by atoms with Gasteiger partial charge in [-0.25, -0.2) is 0 Å². The quantitative estimate of drug-likeness (QED) is 0.730. The molecule has 3 nitrogen and oxygen atoms in total. The number of halogens is 4. The zero-order chi connectivity index (χ0) is 9.78. The van der Waals surface area contributed by atoms with Gasteiger partial charge in [-0.2, -0.15) is 13.2 Å². The van der Waals surface area contributed by atoms with Crippen LogP contribution in [0.15, 0.2) is 0 Å². The van der Waals surface area contributed by atoms with E-state index >= 15 is 0 Å². The lowest BCUT2D eigenvalue weighted by Gasteiger charge is -2.10. The standard InChI is InChI=1S/C6H10F3NO2.ClH/c1-12-5(11)4(10)2-3-6(7,8)9;/h4H,2-3,10H2,1H3;1H/t4-;/m0./s1. The Bertz CT molecular complexity index is 162. The Kier molecular flexibility index (Phi) is 6.97. The average Bonchev–Trinajstić information content (AvgIpc) is 1.97. The monoisotopic (exact) mass is 221 g/mol. The van der Waals surface area contributed by atoms with Crippen LogP contribution in [-0.4, -0.2) is 25.3 Å². The molecule has 0 amide bonds. The molecule has 1 atom stereocenters. The van der Waals surface area contributed by atoms with Crippen molar-refractivity contribution in [2.45, 2.75) is 25.1 Å². The Morgan fingerprint density at radius 2 is 2.00 bits per heavy atom. The summed E-state index contributed by atoms with van der Waals surface area (Å²) in [4.78, 5) is 10.5. The summed E-state index contributed by atoms with van der Waals surface area (Å²) in [5, 5.41) is 0. The van der Waals surface area contributed by atoms with Crippen LogP contribution in [0.4, 0.5) is 13.2 Å². The molecule has 2 N–H and O–H groups in total. The SMILES string of the molecule is COC(=O)[C@@H](N)CCC(F)(F)F.Cl. The number of methoxy groups -OCH3 is 1. The minimum atomic E-state index is -4.27. The molecule has 0 unspecified atom stereocenters. The van der Waals surface area contributed by atoms with Crippen LogP contribution in [0, 0.1) is 0 Å². The second-order valence-electron chi connectivity index (χ2n) is 2.28. The van der Waals surface area contributed by atoms with E-state index in [9.17, 15) is 18.0 Å². The molecule has 0 aromatic rings. The molecule has 0 radical (unpaired) electrons. The second kappa shape index (κ2) is 6.04. The van der Waals surface area contributed by atoms with Gasteiger partial charge < -0.3 is 10.5 Å². The summed E-state index contributed by atoms with van der Waals surface area (Å²) in [6.07, 6.45) is -5.77. The summed E-state index contributed by atoms with van der Waals surface area (Å²) >= 11 is 0. The van der Waals surface area contributed by atoms with Gasteiger partial charge in [-0.1, -0.05) is 0 Å². The van der Waals surface area contributed by atoms with Gasteiger partial charge in [0.25, 0.3) is 0 Å². The summed E-state index contributed by atoms with van der Waals surface area (Å²) in [5.74, 6) is -0.820. The molecule has 0 aromatic heterocycles. The van der Waals surface area contributed by atoms with E-state index < -0.39 is 31.0 Å². The highest BCUT2D eigenvalue weighted by atomic mass is 35.5. The Morgan fingerprint density at radius 1 is 1.54 bits per heavy atom. The zero-order valence-electron chi connectivity index (χ0n) is 6.93. The van der Waals surface area contributed by atoms with Gasteiger partial charge in [-0.3, -0.25) is 4.79 Å². The van der Waals surface area contributed by atoms with Crippen molar-refractivity contribution in [3.05, 3.63) is 0 Å². The number of nitrogens with two attached hydrogens (primary N) is 1. The molecule has 13 heavy (non-hydrogen) atoms. The van der Waals surface area contributed by atoms with E-state index in [4.69, 9.17) is 5.73 Å². The first-order chi connectivity index (χ1) is 5.37. The summed E-state index contributed by atoms with van der Waals surface area (Å²) < 4.78 is 38.9. The number of rotatable bonds is 3. The summed E-state index contributed by atoms with van der Waals surface area (Å²) in [7, 11) is 1.08. The molecule has 0 aliphatic heterocycles. The number of hydrogen-bond donors (Lipinski definition) is 1. The minimum Gasteiger partial charge on any atom is -0.468 e. The third kappa shape index (κ3) is 7.86. The van der Waals surface area contributed by atoms with Gasteiger partial charge in [0.05, 0.1) is 7.11 Å². The van der Waals surface area contributed by atoms with E-state index in [1.165, 1.54) is 0 Å². The molecule has 0 rings (SSSR count). The maximum absolute atomic E-state index is 11.6. The van der Waals surface area contributed by atoms with Crippen molar-refractivity contribution in [1.82, 2.24) is 0 Å². The zero-order valence-corrected chi connectivity index (χ0v) is 7.74. The van der Waals surface area contributed by atoms with Crippen molar-refractivity contribution >= 4 is 18.4 Å². The van der Waals surface area contributed by atoms with Gasteiger partial charge in [0.2, 0.25) is 0 Å². The predicted molar refractivity (Wildman–Crippen MR) is 42.5 cm³/mol. The van der Waals surface area contributed by atoms with E-state index in [1.54, 1.807) is 0 Å². The van der Waals surface area contributed by atoms with Gasteiger partial charge in [-0.15, -0.1) is 12.4 Å². The van der Waals surface area contributed by atoms with Crippen LogP contribution in [0.5, 0.6) is 0 Å². The van der Waals surface area contributed by atoms with Crippen LogP contribution in [0.25, 0.3) is 0 Å². The maximum Gasteiger partial charge on any atom is 0.389 e. The summed E-state index contributed by atoms with van der Waals surface area (Å²) in [6, 6.07) is -1.18. The van der Waals surface area contributed by atoms with Gasteiger partial charge in [0, 0.05) is 6.42 Å². The Hall–Kier alpha value is -0.490. The van der Waals surface area contributed by atoms with E-state index in [0.717, 1.165) is 7.11 Å². The highest BCUT2D eigenvalue weighted by Gasteiger charge is 2.29. The van der Waals surface area contributed by atoms with Crippen LogP contribution < -0.4 is 5.73 Å². The van der Waals surface area contributed by atoms with Crippen LogP contribution in [0.1, 0.15) is 12.8 Å². The van der Waals surface area contributed by atoms with E-state index in [0.29, 0.717) is 0 Å². The highest BCUT2D eigenvalue weighted by molar-refractivity contribution is 5.85. The van der Waals surface area contributed by atoms with Crippen LogP contribution >= 0.6 is 12.4 Å². The molecule has 0 aliphatic carbocycles. The smallest absolute Gasteiger partial charge is 0.389 e. The van der Waals surface area contributed by atoms with E-state index in [-0.39, 0.29) is 12.4 Å². The molecule has 0 spiro atoms. The lowest BCUT2D eigenvalue weighted by atomic mass is 10.2. The molecule has 0 bridgehead atoms. The van der Waals surface area contributed by atoms with Gasteiger partial charge in [-0.05, 0) is 6.42 Å². The fraction of sp³-hybridized carbons (Fsp3) is 0.833. The number of alkyl halides is 3. The van der Waals surface area contributed by atoms with E-state index in [2.05, 4.69) is 4.74 Å². The number of carbonyl (C=O) groups excluding carboxylic acids is 1. The summed E-state index contributed by atoms with van der Waals surface area (Å²) in [6.45, 7) is 0. The fourth-order valence-corrected chi connectivity index (χ4v) is 0.588. The van der Waals surface area contributed by atoms with Crippen molar-refractivity contribution in [3.8, 4) is 0 Å². The molecule has 7 heteroatoms. The molecular weight excluding hydrogens is 211 g/mol. The molecule has 80 valence electrons. The molecule has 0 saturated carbocycles. The highest BCUT2D eigenvalue weighted by Crippen LogP contribution is 2.21. The molecule has 0 aromatic carbocycles. The average molecular weight is 222 g/mol. The largest absolute Gasteiger partial charge is 0.468 e. The van der Waals surface area contributed by atoms with Gasteiger partial charge in [0.1, 0.15) is 6.04 Å². The van der Waals surface area contributed by atoms with Crippen molar-refractivity contribution < 1.29 is 22.7 Å². The molecular formula is C6H11ClF3NO2. The lowest BCUT2D eigenvalue weighted by Crippen LogP contribution is -2.32. The predicted octanol–water partition coefficient (Wildman–Crippen LogP) is 1.25. The minimum absolute atomic E-state index is 0. The molecule has 0 saturated heterocycles.